The summed E-state index contributed by atoms with van der Waals surface area (Å²) in [6, 6.07) is 8.00. The quantitative estimate of drug-likeness (QED) is 0.810. The maximum atomic E-state index is 10.9. The van der Waals surface area contributed by atoms with Crippen LogP contribution < -0.4 is 10.1 Å². The number of nitrogens with one attached hydrogen (secondary N) is 1. The molecule has 0 heterocycles. The molecule has 2 N–H and O–H groups in total. The predicted octanol–water partition coefficient (Wildman–Crippen LogP) is 2.04. The molecule has 2 unspecified atom stereocenters. The maximum absolute atomic E-state index is 10.9. The molecule has 1 fully saturated rings. The second-order valence-electron chi connectivity index (χ2n) is 4.59. The zero-order valence-corrected chi connectivity index (χ0v) is 10.6. The zero-order chi connectivity index (χ0) is 13.0. The third-order valence-electron chi connectivity index (χ3n) is 3.37. The molecule has 0 amide bonds. The van der Waals surface area contributed by atoms with E-state index in [4.69, 9.17) is 9.84 Å². The van der Waals surface area contributed by atoms with Gasteiger partial charge in [-0.3, -0.25) is 4.79 Å². The highest BCUT2D eigenvalue weighted by molar-refractivity contribution is 5.72. The van der Waals surface area contributed by atoms with E-state index in [0.717, 1.165) is 24.2 Å². The Labute approximate surface area is 107 Å². The van der Waals surface area contributed by atoms with Crippen molar-refractivity contribution in [3.8, 4) is 5.75 Å². The van der Waals surface area contributed by atoms with Crippen molar-refractivity contribution >= 4 is 5.97 Å². The van der Waals surface area contributed by atoms with Crippen LogP contribution in [0.3, 0.4) is 0 Å². The van der Waals surface area contributed by atoms with Gasteiger partial charge in [0.25, 0.3) is 0 Å². The molecule has 1 saturated carbocycles. The normalized spacial score (nSPS) is 22.3. The number of ether oxygens (including phenoxy) is 1. The Bertz CT molecular complexity index is 419. The molecule has 1 aliphatic rings. The number of aliphatic carboxylic acids is 1. The van der Waals surface area contributed by atoms with Crippen molar-refractivity contribution in [3.05, 3.63) is 29.8 Å². The van der Waals surface area contributed by atoms with Gasteiger partial charge in [-0.05, 0) is 37.5 Å². The summed E-state index contributed by atoms with van der Waals surface area (Å²) < 4.78 is 5.43. The molecule has 0 aromatic heterocycles. The summed E-state index contributed by atoms with van der Waals surface area (Å²) in [5.74, 6) is -0.0536. The molecule has 98 valence electrons. The monoisotopic (exact) mass is 249 g/mol. The Balaban J connectivity index is 1.86. The first-order valence-corrected chi connectivity index (χ1v) is 6.38. The van der Waals surface area contributed by atoms with Gasteiger partial charge in [0.05, 0.1) is 12.5 Å². The number of carboxylic acids is 1. The highest BCUT2D eigenvalue weighted by Gasteiger charge is 2.35. The SMILES string of the molecule is CCOc1cccc(CNC2CCC2C(=O)O)c1. The van der Waals surface area contributed by atoms with Gasteiger partial charge in [0.1, 0.15) is 5.75 Å². The summed E-state index contributed by atoms with van der Waals surface area (Å²) in [6.45, 7) is 3.30. The third kappa shape index (κ3) is 3.01. The first-order valence-electron chi connectivity index (χ1n) is 6.38. The molecule has 0 spiro atoms. The number of benzene rings is 1. The van der Waals surface area contributed by atoms with Crippen LogP contribution in [0.15, 0.2) is 24.3 Å². The lowest BCUT2D eigenvalue weighted by Crippen LogP contribution is -2.47. The minimum Gasteiger partial charge on any atom is -0.494 e. The van der Waals surface area contributed by atoms with Crippen molar-refractivity contribution in [2.75, 3.05) is 6.61 Å². The molecule has 1 aromatic rings. The van der Waals surface area contributed by atoms with Crippen LogP contribution in [0.4, 0.5) is 0 Å². The van der Waals surface area contributed by atoms with Gasteiger partial charge in [-0.25, -0.2) is 0 Å². The van der Waals surface area contributed by atoms with Crippen molar-refractivity contribution in [2.24, 2.45) is 5.92 Å². The fourth-order valence-electron chi connectivity index (χ4n) is 2.20. The van der Waals surface area contributed by atoms with Crippen molar-refractivity contribution in [1.82, 2.24) is 5.32 Å². The van der Waals surface area contributed by atoms with E-state index in [1.165, 1.54) is 0 Å². The fourth-order valence-corrected chi connectivity index (χ4v) is 2.20. The van der Waals surface area contributed by atoms with Crippen LogP contribution >= 0.6 is 0 Å². The largest absolute Gasteiger partial charge is 0.494 e. The molecule has 1 aliphatic carbocycles. The minimum atomic E-state index is -0.693. The second kappa shape index (κ2) is 5.87. The van der Waals surface area contributed by atoms with Crippen LogP contribution in [0.5, 0.6) is 5.75 Å². The van der Waals surface area contributed by atoms with Gasteiger partial charge < -0.3 is 15.2 Å². The molecule has 0 radical (unpaired) electrons. The van der Waals surface area contributed by atoms with Gasteiger partial charge in [0.2, 0.25) is 0 Å². The Morgan fingerprint density at radius 3 is 2.94 bits per heavy atom. The Kier molecular flexibility index (Phi) is 4.20. The average molecular weight is 249 g/mol. The highest BCUT2D eigenvalue weighted by Crippen LogP contribution is 2.27. The lowest BCUT2D eigenvalue weighted by Gasteiger charge is -2.34. The summed E-state index contributed by atoms with van der Waals surface area (Å²) in [4.78, 5) is 10.9. The summed E-state index contributed by atoms with van der Waals surface area (Å²) in [7, 11) is 0. The van der Waals surface area contributed by atoms with Gasteiger partial charge in [-0.15, -0.1) is 0 Å². The van der Waals surface area contributed by atoms with E-state index in [1.807, 2.05) is 31.2 Å². The van der Waals surface area contributed by atoms with Gasteiger partial charge >= 0.3 is 5.97 Å². The van der Waals surface area contributed by atoms with E-state index in [9.17, 15) is 4.79 Å². The summed E-state index contributed by atoms with van der Waals surface area (Å²) in [5.41, 5.74) is 1.12. The molecule has 0 saturated heterocycles. The zero-order valence-electron chi connectivity index (χ0n) is 10.6. The number of hydrogen-bond donors (Lipinski definition) is 2. The fraction of sp³-hybridized carbons (Fsp3) is 0.500. The topological polar surface area (TPSA) is 58.6 Å². The van der Waals surface area contributed by atoms with E-state index >= 15 is 0 Å². The van der Waals surface area contributed by atoms with Gasteiger partial charge in [-0.2, -0.15) is 0 Å². The standard InChI is InChI=1S/C14H19NO3/c1-2-18-11-5-3-4-10(8-11)9-15-13-7-6-12(13)14(16)17/h3-5,8,12-13,15H,2,6-7,9H2,1H3,(H,16,17). The van der Waals surface area contributed by atoms with Crippen LogP contribution in [-0.4, -0.2) is 23.7 Å². The van der Waals surface area contributed by atoms with Crippen molar-refractivity contribution in [3.63, 3.8) is 0 Å². The number of rotatable bonds is 6. The van der Waals surface area contributed by atoms with E-state index in [1.54, 1.807) is 0 Å². The molecule has 4 nitrogen and oxygen atoms in total. The first-order chi connectivity index (χ1) is 8.70. The maximum Gasteiger partial charge on any atom is 0.308 e. The average Bonchev–Trinajstić information content (AvgIpc) is 2.28. The molecule has 0 bridgehead atoms. The molecular formula is C14H19NO3. The lowest BCUT2D eigenvalue weighted by atomic mass is 9.79. The van der Waals surface area contributed by atoms with Crippen LogP contribution in [-0.2, 0) is 11.3 Å². The van der Waals surface area contributed by atoms with Crippen LogP contribution in [0.25, 0.3) is 0 Å². The predicted molar refractivity (Wildman–Crippen MR) is 68.6 cm³/mol. The summed E-state index contributed by atoms with van der Waals surface area (Å²) in [6.07, 6.45) is 1.73. The van der Waals surface area contributed by atoms with Crippen molar-refractivity contribution < 1.29 is 14.6 Å². The Morgan fingerprint density at radius 2 is 2.33 bits per heavy atom. The molecule has 1 aromatic carbocycles. The van der Waals surface area contributed by atoms with E-state index < -0.39 is 5.97 Å². The third-order valence-corrected chi connectivity index (χ3v) is 3.37. The van der Waals surface area contributed by atoms with Crippen molar-refractivity contribution in [2.45, 2.75) is 32.4 Å². The van der Waals surface area contributed by atoms with Gasteiger partial charge in [0.15, 0.2) is 0 Å². The summed E-state index contributed by atoms with van der Waals surface area (Å²) in [5, 5.41) is 12.3. The molecular weight excluding hydrogens is 230 g/mol. The summed E-state index contributed by atoms with van der Waals surface area (Å²) >= 11 is 0. The first kappa shape index (κ1) is 12.9. The molecule has 2 rings (SSSR count). The molecule has 2 atom stereocenters. The van der Waals surface area contributed by atoms with E-state index in [-0.39, 0.29) is 12.0 Å². The smallest absolute Gasteiger partial charge is 0.308 e. The lowest BCUT2D eigenvalue weighted by molar-refractivity contribution is -0.146. The van der Waals surface area contributed by atoms with Crippen LogP contribution in [0.1, 0.15) is 25.3 Å². The highest BCUT2D eigenvalue weighted by atomic mass is 16.5. The molecule has 0 aliphatic heterocycles. The minimum absolute atomic E-state index is 0.109. The van der Waals surface area contributed by atoms with Gasteiger partial charge in [-0.1, -0.05) is 12.1 Å². The number of carbonyl (C=O) groups is 1. The number of carboxylic acid groups (broad SMARTS) is 1. The Hall–Kier alpha value is -1.55. The van der Waals surface area contributed by atoms with Crippen LogP contribution in [0.2, 0.25) is 0 Å². The van der Waals surface area contributed by atoms with Crippen molar-refractivity contribution in [1.29, 1.82) is 0 Å². The van der Waals surface area contributed by atoms with E-state index in [2.05, 4.69) is 5.32 Å². The molecule has 4 heteroatoms. The van der Waals surface area contributed by atoms with Crippen LogP contribution in [0, 0.1) is 5.92 Å². The molecule has 18 heavy (non-hydrogen) atoms. The second-order valence-corrected chi connectivity index (χ2v) is 4.59. The number of hydrogen-bond acceptors (Lipinski definition) is 3. The van der Waals surface area contributed by atoms with E-state index in [0.29, 0.717) is 13.2 Å². The Morgan fingerprint density at radius 1 is 1.50 bits per heavy atom. The van der Waals surface area contributed by atoms with Gasteiger partial charge in [0, 0.05) is 12.6 Å².